The summed E-state index contributed by atoms with van der Waals surface area (Å²) in [6.07, 6.45) is 0. The Morgan fingerprint density at radius 3 is 2.64 bits per heavy atom. The van der Waals surface area contributed by atoms with Crippen LogP contribution in [-0.2, 0) is 19.6 Å². The molecular weight excluding hydrogens is 443 g/mol. The summed E-state index contributed by atoms with van der Waals surface area (Å²) in [5.41, 5.74) is 0.414. The molecule has 1 heterocycles. The second kappa shape index (κ2) is 9.47. The molecule has 6 nitrogen and oxygen atoms in total. The van der Waals surface area contributed by atoms with Crippen LogP contribution in [0.25, 0.3) is 0 Å². The molecule has 0 spiro atoms. The van der Waals surface area contributed by atoms with Gasteiger partial charge in [-0.05, 0) is 36.4 Å². The van der Waals surface area contributed by atoms with Crippen LogP contribution in [0.1, 0.15) is 0 Å². The Morgan fingerprint density at radius 1 is 1.14 bits per heavy atom. The van der Waals surface area contributed by atoms with Gasteiger partial charge in [0.15, 0.2) is 0 Å². The van der Waals surface area contributed by atoms with E-state index in [0.717, 1.165) is 0 Å². The minimum absolute atomic E-state index is 0.112. The van der Waals surface area contributed by atoms with Crippen LogP contribution in [0.4, 0.5) is 5.69 Å². The van der Waals surface area contributed by atoms with E-state index < -0.39 is 10.0 Å². The molecule has 10 heteroatoms. The summed E-state index contributed by atoms with van der Waals surface area (Å²) in [5, 5.41) is 3.77. The van der Waals surface area contributed by atoms with Crippen LogP contribution in [0.2, 0.25) is 10.0 Å². The number of carbonyl (C=O) groups excluding carboxylic acids is 1. The van der Waals surface area contributed by atoms with Crippen LogP contribution < -0.4 is 5.32 Å². The highest BCUT2D eigenvalue weighted by Gasteiger charge is 2.26. The number of nitrogens with zero attached hydrogens (tertiary/aromatic N) is 1. The van der Waals surface area contributed by atoms with Crippen LogP contribution in [0, 0.1) is 0 Å². The van der Waals surface area contributed by atoms with Crippen LogP contribution in [-0.4, -0.2) is 50.7 Å². The van der Waals surface area contributed by atoms with Crippen molar-refractivity contribution < 1.29 is 17.9 Å². The van der Waals surface area contributed by atoms with Crippen molar-refractivity contribution in [3.63, 3.8) is 0 Å². The van der Waals surface area contributed by atoms with Gasteiger partial charge in [-0.25, -0.2) is 8.42 Å². The van der Waals surface area contributed by atoms with Crippen molar-refractivity contribution >= 4 is 56.6 Å². The maximum Gasteiger partial charge on any atom is 0.243 e. The number of hydrogen-bond acceptors (Lipinski definition) is 5. The third-order valence-electron chi connectivity index (χ3n) is 3.98. The van der Waals surface area contributed by atoms with Gasteiger partial charge in [0.2, 0.25) is 15.9 Å². The van der Waals surface area contributed by atoms with Crippen molar-refractivity contribution in [2.24, 2.45) is 0 Å². The standard InChI is InChI=1S/C18H18Cl2N2O4S2/c19-13-4-5-16(20)17(10-13)27-12-18(23)21-14-2-1-3-15(11-14)28(24,25)22-6-8-26-9-7-22/h1-5,10-11H,6-9,12H2,(H,21,23). The first-order valence-electron chi connectivity index (χ1n) is 8.42. The number of morpholine rings is 1. The molecule has 3 rings (SSSR count). The Morgan fingerprint density at radius 2 is 1.89 bits per heavy atom. The summed E-state index contributed by atoms with van der Waals surface area (Å²) in [6, 6.07) is 11.3. The number of rotatable bonds is 6. The topological polar surface area (TPSA) is 75.7 Å². The molecule has 0 atom stereocenters. The Labute approximate surface area is 178 Å². The molecular formula is C18H18Cl2N2O4S2. The minimum Gasteiger partial charge on any atom is -0.379 e. The molecule has 1 fully saturated rings. The quantitative estimate of drug-likeness (QED) is 0.664. The molecule has 0 radical (unpaired) electrons. The number of carbonyl (C=O) groups is 1. The highest BCUT2D eigenvalue weighted by molar-refractivity contribution is 8.00. The van der Waals surface area contributed by atoms with Crippen molar-refractivity contribution in [1.82, 2.24) is 4.31 Å². The average molecular weight is 461 g/mol. The molecule has 0 aliphatic carbocycles. The lowest BCUT2D eigenvalue weighted by Gasteiger charge is -2.26. The first kappa shape index (κ1) is 21.4. The fourth-order valence-electron chi connectivity index (χ4n) is 2.60. The summed E-state index contributed by atoms with van der Waals surface area (Å²) in [4.78, 5) is 13.1. The molecule has 2 aromatic carbocycles. The number of sulfonamides is 1. The van der Waals surface area contributed by atoms with Gasteiger partial charge in [-0.1, -0.05) is 29.3 Å². The monoisotopic (exact) mass is 460 g/mol. The predicted molar refractivity (Wildman–Crippen MR) is 112 cm³/mol. The molecule has 28 heavy (non-hydrogen) atoms. The zero-order valence-corrected chi connectivity index (χ0v) is 17.9. The van der Waals surface area contributed by atoms with E-state index in [9.17, 15) is 13.2 Å². The van der Waals surface area contributed by atoms with Crippen molar-refractivity contribution in [1.29, 1.82) is 0 Å². The largest absolute Gasteiger partial charge is 0.379 e. The third-order valence-corrected chi connectivity index (χ3v) is 7.60. The van der Waals surface area contributed by atoms with Gasteiger partial charge in [0.25, 0.3) is 0 Å². The van der Waals surface area contributed by atoms with E-state index in [1.165, 1.54) is 28.2 Å². The number of amides is 1. The Balaban J connectivity index is 1.65. The summed E-state index contributed by atoms with van der Waals surface area (Å²) in [5.74, 6) is -0.164. The van der Waals surface area contributed by atoms with Gasteiger partial charge in [0.05, 0.1) is 28.9 Å². The fraction of sp³-hybridized carbons (Fsp3) is 0.278. The lowest BCUT2D eigenvalue weighted by atomic mass is 10.3. The van der Waals surface area contributed by atoms with Gasteiger partial charge in [-0.15, -0.1) is 11.8 Å². The lowest BCUT2D eigenvalue weighted by molar-refractivity contribution is -0.113. The highest BCUT2D eigenvalue weighted by atomic mass is 35.5. The van der Waals surface area contributed by atoms with E-state index in [1.807, 2.05) is 0 Å². The molecule has 1 N–H and O–H groups in total. The Bertz CT molecular complexity index is 964. The van der Waals surface area contributed by atoms with Gasteiger partial charge in [-0.3, -0.25) is 4.79 Å². The van der Waals surface area contributed by atoms with Gasteiger partial charge >= 0.3 is 0 Å². The lowest BCUT2D eigenvalue weighted by Crippen LogP contribution is -2.40. The first-order valence-corrected chi connectivity index (χ1v) is 11.6. The SMILES string of the molecule is O=C(CSc1cc(Cl)ccc1Cl)Nc1cccc(S(=O)(=O)N2CCOCC2)c1. The van der Waals surface area contributed by atoms with Crippen molar-refractivity contribution in [3.8, 4) is 0 Å². The summed E-state index contributed by atoms with van der Waals surface area (Å²) >= 11 is 13.3. The third kappa shape index (κ3) is 5.40. The van der Waals surface area contributed by atoms with Gasteiger partial charge in [-0.2, -0.15) is 4.31 Å². The second-order valence-corrected chi connectivity index (χ2v) is 9.75. The molecule has 1 aliphatic heterocycles. The zero-order valence-electron chi connectivity index (χ0n) is 14.7. The predicted octanol–water partition coefficient (Wildman–Crippen LogP) is 3.75. The van der Waals surface area contributed by atoms with Crippen molar-refractivity contribution in [3.05, 3.63) is 52.5 Å². The maximum absolute atomic E-state index is 12.7. The second-order valence-electron chi connectivity index (χ2n) is 5.96. The summed E-state index contributed by atoms with van der Waals surface area (Å²) in [7, 11) is -3.62. The number of benzene rings is 2. The maximum atomic E-state index is 12.7. The smallest absolute Gasteiger partial charge is 0.243 e. The molecule has 1 amide bonds. The normalized spacial score (nSPS) is 15.4. The molecule has 0 saturated carbocycles. The Kier molecular flexibility index (Phi) is 7.25. The van der Waals surface area contributed by atoms with Crippen LogP contribution in [0.15, 0.2) is 52.3 Å². The van der Waals surface area contributed by atoms with Crippen molar-refractivity contribution in [2.75, 3.05) is 37.4 Å². The van der Waals surface area contributed by atoms with Crippen LogP contribution in [0.3, 0.4) is 0 Å². The highest BCUT2D eigenvalue weighted by Crippen LogP contribution is 2.30. The first-order chi connectivity index (χ1) is 13.4. The number of ether oxygens (including phenoxy) is 1. The van der Waals surface area contributed by atoms with Crippen LogP contribution >= 0.6 is 35.0 Å². The van der Waals surface area contributed by atoms with E-state index in [1.54, 1.807) is 30.3 Å². The fourth-order valence-corrected chi connectivity index (χ4v) is 5.35. The minimum atomic E-state index is -3.62. The molecule has 1 aliphatic rings. The Hall–Kier alpha value is -1.29. The molecule has 0 bridgehead atoms. The van der Waals surface area contributed by atoms with Crippen LogP contribution in [0.5, 0.6) is 0 Å². The number of nitrogens with one attached hydrogen (secondary N) is 1. The summed E-state index contributed by atoms with van der Waals surface area (Å²) < 4.78 is 32.0. The average Bonchev–Trinajstić information content (AvgIpc) is 2.69. The van der Waals surface area contributed by atoms with E-state index in [2.05, 4.69) is 5.32 Å². The number of thioether (sulfide) groups is 1. The molecule has 2 aromatic rings. The van der Waals surface area contributed by atoms with Gasteiger partial charge in [0, 0.05) is 28.7 Å². The zero-order chi connectivity index (χ0) is 20.1. The molecule has 1 saturated heterocycles. The number of halogens is 2. The molecule has 0 aromatic heterocycles. The number of hydrogen-bond donors (Lipinski definition) is 1. The van der Waals surface area contributed by atoms with Gasteiger partial charge < -0.3 is 10.1 Å². The molecule has 150 valence electrons. The van der Waals surface area contributed by atoms with E-state index in [0.29, 0.717) is 46.9 Å². The van der Waals surface area contributed by atoms with E-state index >= 15 is 0 Å². The number of anilines is 1. The van der Waals surface area contributed by atoms with E-state index in [4.69, 9.17) is 27.9 Å². The van der Waals surface area contributed by atoms with Gasteiger partial charge in [0.1, 0.15) is 0 Å². The molecule has 0 unspecified atom stereocenters. The van der Waals surface area contributed by atoms with E-state index in [-0.39, 0.29) is 16.6 Å². The summed E-state index contributed by atoms with van der Waals surface area (Å²) in [6.45, 7) is 1.38. The van der Waals surface area contributed by atoms with Crippen molar-refractivity contribution in [2.45, 2.75) is 9.79 Å².